The van der Waals surface area contributed by atoms with E-state index in [-0.39, 0.29) is 22.8 Å². The maximum Gasteiger partial charge on any atom is 0.255 e. The number of hydrogen-bond donors (Lipinski definition) is 1. The molecule has 2 heterocycles. The molecule has 0 fully saturated rings. The summed E-state index contributed by atoms with van der Waals surface area (Å²) in [7, 11) is 0. The number of para-hydroxylation sites is 1. The largest absolute Gasteiger partial charge is 0.507 e. The third-order valence-corrected chi connectivity index (χ3v) is 4.18. The van der Waals surface area contributed by atoms with Crippen LogP contribution in [0.1, 0.15) is 32.4 Å². The van der Waals surface area contributed by atoms with Gasteiger partial charge in [-0.2, -0.15) is 0 Å². The minimum Gasteiger partial charge on any atom is -0.507 e. The van der Waals surface area contributed by atoms with Gasteiger partial charge >= 0.3 is 0 Å². The number of benzene rings is 1. The summed E-state index contributed by atoms with van der Waals surface area (Å²) in [5.41, 5.74) is 1.81. The maximum atomic E-state index is 12.0. The Morgan fingerprint density at radius 1 is 1.35 bits per heavy atom. The van der Waals surface area contributed by atoms with Crippen LogP contribution in [0, 0.1) is 0 Å². The van der Waals surface area contributed by atoms with Crippen molar-refractivity contribution in [3.8, 4) is 5.75 Å². The third kappa shape index (κ3) is 1.09. The van der Waals surface area contributed by atoms with Crippen LogP contribution in [0.2, 0.25) is 0 Å². The van der Waals surface area contributed by atoms with Gasteiger partial charge in [-0.05, 0) is 18.6 Å². The van der Waals surface area contributed by atoms with E-state index < -0.39 is 0 Å². The zero-order valence-corrected chi connectivity index (χ0v) is 10.2. The number of nitrogens with zero attached hydrogens (tertiary/aromatic N) is 1. The van der Waals surface area contributed by atoms with Crippen LogP contribution in [0.25, 0.3) is 10.9 Å². The molecule has 1 aliphatic heterocycles. The monoisotopic (exact) mass is 229 g/mol. The molecule has 0 radical (unpaired) electrons. The topological polar surface area (TPSA) is 42.2 Å². The van der Waals surface area contributed by atoms with E-state index in [0.29, 0.717) is 0 Å². The zero-order valence-electron chi connectivity index (χ0n) is 10.2. The molecular weight excluding hydrogens is 214 g/mol. The first-order chi connectivity index (χ1) is 7.94. The van der Waals surface area contributed by atoms with Crippen molar-refractivity contribution in [2.45, 2.75) is 32.2 Å². The highest BCUT2D eigenvalue weighted by Crippen LogP contribution is 2.45. The van der Waals surface area contributed by atoms with E-state index in [9.17, 15) is 9.90 Å². The molecule has 0 spiro atoms. The molecule has 1 unspecified atom stereocenters. The predicted molar refractivity (Wildman–Crippen MR) is 67.6 cm³/mol. The average molecular weight is 229 g/mol. The molecule has 2 aromatic rings. The van der Waals surface area contributed by atoms with Gasteiger partial charge in [0.05, 0.1) is 5.52 Å². The fourth-order valence-corrected chi connectivity index (χ4v) is 2.84. The van der Waals surface area contributed by atoms with E-state index in [4.69, 9.17) is 0 Å². The second-order valence-electron chi connectivity index (χ2n) is 5.34. The van der Waals surface area contributed by atoms with Crippen LogP contribution < -0.4 is 5.56 Å². The summed E-state index contributed by atoms with van der Waals surface area (Å²) >= 11 is 0. The van der Waals surface area contributed by atoms with Crippen molar-refractivity contribution in [3.63, 3.8) is 0 Å². The van der Waals surface area contributed by atoms with Crippen molar-refractivity contribution in [1.82, 2.24) is 4.57 Å². The quantitative estimate of drug-likeness (QED) is 0.754. The number of pyridine rings is 1. The summed E-state index contributed by atoms with van der Waals surface area (Å²) < 4.78 is 1.80. The van der Waals surface area contributed by atoms with Gasteiger partial charge < -0.3 is 9.67 Å². The minimum atomic E-state index is -0.125. The standard InChI is InChI=1S/C14H15NO2/c1-8-14(2,3)10-6-4-5-9-11(16)7-12(17)15(8)13(9)10/h4-8,16H,1-3H3. The highest BCUT2D eigenvalue weighted by atomic mass is 16.3. The van der Waals surface area contributed by atoms with Gasteiger partial charge in [-0.3, -0.25) is 4.79 Å². The lowest BCUT2D eigenvalue weighted by molar-refractivity contribution is 0.369. The van der Waals surface area contributed by atoms with Gasteiger partial charge in [0.1, 0.15) is 5.75 Å². The Morgan fingerprint density at radius 3 is 2.76 bits per heavy atom. The highest BCUT2D eigenvalue weighted by molar-refractivity contribution is 5.90. The molecule has 0 bridgehead atoms. The minimum absolute atomic E-state index is 0.0769. The van der Waals surface area contributed by atoms with Crippen molar-refractivity contribution in [2.24, 2.45) is 0 Å². The van der Waals surface area contributed by atoms with Crippen LogP contribution in [0.5, 0.6) is 5.75 Å². The van der Waals surface area contributed by atoms with E-state index >= 15 is 0 Å². The lowest BCUT2D eigenvalue weighted by Crippen LogP contribution is -2.28. The first-order valence-electron chi connectivity index (χ1n) is 5.82. The van der Waals surface area contributed by atoms with Crippen LogP contribution in [0.3, 0.4) is 0 Å². The van der Waals surface area contributed by atoms with E-state index in [1.807, 2.05) is 18.2 Å². The molecule has 3 nitrogen and oxygen atoms in total. The molecule has 0 saturated carbocycles. The SMILES string of the molecule is CC1n2c(=O)cc(O)c3cccc(c32)C1(C)C. The normalized spacial score (nSPS) is 21.0. The Balaban J connectivity index is 2.61. The summed E-state index contributed by atoms with van der Waals surface area (Å²) in [5.74, 6) is 0.0769. The first kappa shape index (κ1) is 10.4. The van der Waals surface area contributed by atoms with Crippen molar-refractivity contribution in [3.05, 3.63) is 40.2 Å². The van der Waals surface area contributed by atoms with Crippen molar-refractivity contribution in [1.29, 1.82) is 0 Å². The van der Waals surface area contributed by atoms with Crippen LogP contribution in [0.4, 0.5) is 0 Å². The van der Waals surface area contributed by atoms with Gasteiger partial charge in [-0.15, -0.1) is 0 Å². The molecule has 17 heavy (non-hydrogen) atoms. The Morgan fingerprint density at radius 2 is 2.06 bits per heavy atom. The lowest BCUT2D eigenvalue weighted by Gasteiger charge is -2.25. The Kier molecular flexibility index (Phi) is 1.78. The fourth-order valence-electron chi connectivity index (χ4n) is 2.84. The number of aromatic nitrogens is 1. The highest BCUT2D eigenvalue weighted by Gasteiger charge is 2.38. The number of hydrogen-bond acceptors (Lipinski definition) is 2. The van der Waals surface area contributed by atoms with Gasteiger partial charge in [0.2, 0.25) is 0 Å². The fraction of sp³-hybridized carbons (Fsp3) is 0.357. The Labute approximate surface area is 99.3 Å². The maximum absolute atomic E-state index is 12.0. The molecule has 1 atom stereocenters. The summed E-state index contributed by atoms with van der Waals surface area (Å²) in [5, 5.41) is 10.6. The summed E-state index contributed by atoms with van der Waals surface area (Å²) in [6, 6.07) is 7.26. The first-order valence-corrected chi connectivity index (χ1v) is 5.82. The van der Waals surface area contributed by atoms with Crippen LogP contribution in [-0.4, -0.2) is 9.67 Å². The van der Waals surface area contributed by atoms with Gasteiger partial charge in [-0.1, -0.05) is 26.0 Å². The van der Waals surface area contributed by atoms with Gasteiger partial charge in [0, 0.05) is 22.9 Å². The number of rotatable bonds is 0. The average Bonchev–Trinajstić information content (AvgIpc) is 2.47. The third-order valence-electron chi connectivity index (χ3n) is 4.18. The molecule has 1 aromatic heterocycles. The predicted octanol–water partition coefficient (Wildman–Crippen LogP) is 2.56. The lowest BCUT2D eigenvalue weighted by atomic mass is 9.81. The molecule has 0 aliphatic carbocycles. The molecule has 1 N–H and O–H groups in total. The summed E-state index contributed by atoms with van der Waals surface area (Å²) in [6.07, 6.45) is 0. The van der Waals surface area contributed by atoms with Gasteiger partial charge in [-0.25, -0.2) is 0 Å². The van der Waals surface area contributed by atoms with Gasteiger partial charge in [0.15, 0.2) is 0 Å². The zero-order chi connectivity index (χ0) is 12.4. The van der Waals surface area contributed by atoms with E-state index in [1.165, 1.54) is 6.07 Å². The molecule has 3 rings (SSSR count). The van der Waals surface area contributed by atoms with Crippen LogP contribution >= 0.6 is 0 Å². The van der Waals surface area contributed by atoms with Crippen LogP contribution in [-0.2, 0) is 5.41 Å². The molecule has 1 aromatic carbocycles. The molecule has 0 saturated heterocycles. The van der Waals surface area contributed by atoms with Crippen molar-refractivity contribution < 1.29 is 5.11 Å². The van der Waals surface area contributed by atoms with Crippen molar-refractivity contribution >= 4 is 10.9 Å². The summed E-state index contributed by atoms with van der Waals surface area (Å²) in [4.78, 5) is 12.0. The second kappa shape index (κ2) is 2.92. The van der Waals surface area contributed by atoms with Gasteiger partial charge in [0.25, 0.3) is 5.56 Å². The second-order valence-corrected chi connectivity index (χ2v) is 5.34. The Bertz CT molecular complexity index is 682. The number of aromatic hydroxyl groups is 1. The molecular formula is C14H15NO2. The van der Waals surface area contributed by atoms with E-state index in [2.05, 4.69) is 20.8 Å². The molecule has 0 amide bonds. The molecule has 1 aliphatic rings. The van der Waals surface area contributed by atoms with Crippen LogP contribution in [0.15, 0.2) is 29.1 Å². The smallest absolute Gasteiger partial charge is 0.255 e. The van der Waals surface area contributed by atoms with E-state index in [1.54, 1.807) is 4.57 Å². The summed E-state index contributed by atoms with van der Waals surface area (Å²) in [6.45, 7) is 6.32. The molecule has 88 valence electrons. The molecule has 3 heteroatoms. The van der Waals surface area contributed by atoms with Crippen molar-refractivity contribution in [2.75, 3.05) is 0 Å². The van der Waals surface area contributed by atoms with E-state index in [0.717, 1.165) is 16.5 Å². The Hall–Kier alpha value is -1.77.